The summed E-state index contributed by atoms with van der Waals surface area (Å²) in [6, 6.07) is 12.0. The zero-order valence-electron chi connectivity index (χ0n) is 16.8. The Morgan fingerprint density at radius 2 is 2.03 bits per heavy atom. The van der Waals surface area contributed by atoms with Gasteiger partial charge in [0.15, 0.2) is 4.80 Å². The van der Waals surface area contributed by atoms with Gasteiger partial charge in [0.25, 0.3) is 5.69 Å². The van der Waals surface area contributed by atoms with Crippen LogP contribution in [0.4, 0.5) is 11.4 Å². The molecule has 0 fully saturated rings. The Labute approximate surface area is 194 Å². The fourth-order valence-corrected chi connectivity index (χ4v) is 5.11. The van der Waals surface area contributed by atoms with E-state index < -0.39 is 0 Å². The summed E-state index contributed by atoms with van der Waals surface area (Å²) in [5, 5.41) is 14.3. The molecule has 1 aromatic heterocycles. The summed E-state index contributed by atoms with van der Waals surface area (Å²) in [7, 11) is 0. The normalized spacial score (nSPS) is 14.5. The van der Waals surface area contributed by atoms with E-state index in [0.29, 0.717) is 15.7 Å². The molecule has 0 bridgehead atoms. The van der Waals surface area contributed by atoms with Crippen molar-refractivity contribution in [2.75, 3.05) is 0 Å². The number of hydrogen-bond acceptors (Lipinski definition) is 4. The lowest BCUT2D eigenvalue weighted by Gasteiger charge is -2.14. The fraction of sp³-hybridized carbons (Fsp3) is 0.261. The number of thiazole rings is 1. The largest absolute Gasteiger partial charge is 0.316 e. The fourth-order valence-electron chi connectivity index (χ4n) is 3.71. The molecule has 160 valence electrons. The molecule has 3 aromatic rings. The highest BCUT2D eigenvalue weighted by Gasteiger charge is 2.14. The molecule has 0 N–H and O–H groups in total. The minimum Gasteiger partial charge on any atom is -0.316 e. The van der Waals surface area contributed by atoms with Gasteiger partial charge >= 0.3 is 0 Å². The SMILES string of the molecule is O=[N+]([O-])c1cccc(-c2csc(=Nc3ccc(Cl)cc3Cl)n2CCC2=CCCCC2)c1. The molecule has 0 amide bonds. The van der Waals surface area contributed by atoms with E-state index in [9.17, 15) is 10.1 Å². The number of nitro benzene ring substituents is 1. The average molecular weight is 474 g/mol. The van der Waals surface area contributed by atoms with E-state index in [1.54, 1.807) is 30.3 Å². The van der Waals surface area contributed by atoms with E-state index in [1.807, 2.05) is 11.4 Å². The van der Waals surface area contributed by atoms with Gasteiger partial charge in [0.05, 0.1) is 21.3 Å². The predicted octanol–water partition coefficient (Wildman–Crippen LogP) is 7.55. The first kappa shape index (κ1) is 21.8. The van der Waals surface area contributed by atoms with Gasteiger partial charge in [-0.25, -0.2) is 4.99 Å². The van der Waals surface area contributed by atoms with E-state index >= 15 is 0 Å². The van der Waals surface area contributed by atoms with E-state index in [-0.39, 0.29) is 10.6 Å². The van der Waals surface area contributed by atoms with Crippen LogP contribution in [-0.2, 0) is 6.54 Å². The van der Waals surface area contributed by atoms with Gasteiger partial charge in [-0.2, -0.15) is 0 Å². The van der Waals surface area contributed by atoms with Crippen LogP contribution in [0.3, 0.4) is 0 Å². The monoisotopic (exact) mass is 473 g/mol. The molecule has 1 heterocycles. The number of nitro groups is 1. The van der Waals surface area contributed by atoms with Crippen LogP contribution in [0.5, 0.6) is 0 Å². The van der Waals surface area contributed by atoms with Crippen molar-refractivity contribution in [1.82, 2.24) is 4.57 Å². The van der Waals surface area contributed by atoms with Gasteiger partial charge < -0.3 is 4.57 Å². The summed E-state index contributed by atoms with van der Waals surface area (Å²) in [6.07, 6.45) is 8.03. The van der Waals surface area contributed by atoms with Crippen molar-refractivity contribution in [3.05, 3.63) is 84.5 Å². The molecule has 8 heteroatoms. The Balaban J connectivity index is 1.78. The van der Waals surface area contributed by atoms with E-state index in [1.165, 1.54) is 35.8 Å². The summed E-state index contributed by atoms with van der Waals surface area (Å²) >= 11 is 13.9. The van der Waals surface area contributed by atoms with Crippen molar-refractivity contribution in [3.8, 4) is 11.3 Å². The zero-order valence-corrected chi connectivity index (χ0v) is 19.1. The highest BCUT2D eigenvalue weighted by atomic mass is 35.5. The molecule has 4 rings (SSSR count). The van der Waals surface area contributed by atoms with Crippen molar-refractivity contribution in [1.29, 1.82) is 0 Å². The quantitative estimate of drug-likeness (QED) is 0.210. The molecule has 2 aromatic carbocycles. The van der Waals surface area contributed by atoms with Crippen LogP contribution < -0.4 is 4.80 Å². The maximum Gasteiger partial charge on any atom is 0.270 e. The number of halogens is 2. The Kier molecular flexibility index (Phi) is 6.90. The lowest BCUT2D eigenvalue weighted by molar-refractivity contribution is -0.384. The Hall–Kier alpha value is -2.41. The smallest absolute Gasteiger partial charge is 0.270 e. The van der Waals surface area contributed by atoms with Gasteiger partial charge in [0.1, 0.15) is 0 Å². The molecule has 5 nitrogen and oxygen atoms in total. The van der Waals surface area contributed by atoms with Crippen molar-refractivity contribution in [2.45, 2.75) is 38.6 Å². The van der Waals surface area contributed by atoms with Gasteiger partial charge in [-0.1, -0.05) is 47.0 Å². The first-order chi connectivity index (χ1) is 15.0. The van der Waals surface area contributed by atoms with Crippen molar-refractivity contribution in [3.63, 3.8) is 0 Å². The highest BCUT2D eigenvalue weighted by molar-refractivity contribution is 7.07. The second kappa shape index (κ2) is 9.81. The van der Waals surface area contributed by atoms with E-state index in [4.69, 9.17) is 28.2 Å². The Morgan fingerprint density at radius 1 is 1.16 bits per heavy atom. The minimum atomic E-state index is -0.369. The molecule has 31 heavy (non-hydrogen) atoms. The summed E-state index contributed by atoms with van der Waals surface area (Å²) in [5.74, 6) is 0. The molecule has 0 saturated heterocycles. The molecular weight excluding hydrogens is 453 g/mol. The number of hydrogen-bond donors (Lipinski definition) is 0. The maximum atomic E-state index is 11.3. The minimum absolute atomic E-state index is 0.0736. The van der Waals surface area contributed by atoms with Gasteiger partial charge in [0, 0.05) is 34.6 Å². The van der Waals surface area contributed by atoms with Crippen LogP contribution >= 0.6 is 34.5 Å². The van der Waals surface area contributed by atoms with Crippen LogP contribution in [0, 0.1) is 10.1 Å². The summed E-state index contributed by atoms with van der Waals surface area (Å²) in [6.45, 7) is 0.747. The molecule has 0 spiro atoms. The summed E-state index contributed by atoms with van der Waals surface area (Å²) in [4.78, 5) is 16.5. The topological polar surface area (TPSA) is 60.4 Å². The first-order valence-electron chi connectivity index (χ1n) is 10.1. The molecule has 0 saturated carbocycles. The molecule has 1 aliphatic carbocycles. The number of aromatic nitrogens is 1. The lowest BCUT2D eigenvalue weighted by atomic mass is 9.97. The van der Waals surface area contributed by atoms with Gasteiger partial charge in [-0.05, 0) is 50.3 Å². The van der Waals surface area contributed by atoms with Gasteiger partial charge in [0.2, 0.25) is 0 Å². The van der Waals surface area contributed by atoms with Crippen LogP contribution in [0.15, 0.2) is 64.5 Å². The van der Waals surface area contributed by atoms with Crippen molar-refractivity contribution >= 4 is 45.9 Å². The summed E-state index contributed by atoms with van der Waals surface area (Å²) in [5.41, 5.74) is 3.89. The second-order valence-corrected chi connectivity index (χ2v) is 9.11. The number of nitrogens with zero attached hydrogens (tertiary/aromatic N) is 3. The maximum absolute atomic E-state index is 11.3. The van der Waals surface area contributed by atoms with Gasteiger partial charge in [-0.15, -0.1) is 11.3 Å². The average Bonchev–Trinajstić information content (AvgIpc) is 3.17. The first-order valence-corrected chi connectivity index (χ1v) is 11.8. The Bertz CT molecular complexity index is 1210. The number of rotatable bonds is 6. The van der Waals surface area contributed by atoms with Crippen LogP contribution in [-0.4, -0.2) is 9.49 Å². The zero-order chi connectivity index (χ0) is 21.8. The van der Waals surface area contributed by atoms with Crippen LogP contribution in [0.25, 0.3) is 11.3 Å². The van der Waals surface area contributed by atoms with Crippen molar-refractivity contribution < 1.29 is 4.92 Å². The lowest BCUT2D eigenvalue weighted by Crippen LogP contribution is -2.16. The van der Waals surface area contributed by atoms with E-state index in [0.717, 1.165) is 41.9 Å². The Morgan fingerprint density at radius 3 is 2.77 bits per heavy atom. The van der Waals surface area contributed by atoms with Gasteiger partial charge in [-0.3, -0.25) is 10.1 Å². The third-order valence-corrected chi connectivity index (χ3v) is 6.72. The molecule has 0 atom stereocenters. The number of allylic oxidation sites excluding steroid dienone is 2. The second-order valence-electron chi connectivity index (χ2n) is 7.43. The molecule has 1 aliphatic rings. The van der Waals surface area contributed by atoms with Crippen LogP contribution in [0.2, 0.25) is 10.0 Å². The standard InChI is InChI=1S/C23H21Cl2N3O2S/c24-18-9-10-21(20(25)14-18)26-23-27(12-11-16-5-2-1-3-6-16)22(15-31-23)17-7-4-8-19(13-17)28(29)30/h4-5,7-10,13-15H,1-3,6,11-12H2. The third-order valence-electron chi connectivity index (χ3n) is 5.32. The third kappa shape index (κ3) is 5.26. The van der Waals surface area contributed by atoms with E-state index in [2.05, 4.69) is 10.6 Å². The number of benzene rings is 2. The molecule has 0 radical (unpaired) electrons. The van der Waals surface area contributed by atoms with Crippen molar-refractivity contribution in [2.24, 2.45) is 4.99 Å². The molecular formula is C23H21Cl2N3O2S. The van der Waals surface area contributed by atoms with Crippen LogP contribution in [0.1, 0.15) is 32.1 Å². The summed E-state index contributed by atoms with van der Waals surface area (Å²) < 4.78 is 2.13. The highest BCUT2D eigenvalue weighted by Crippen LogP contribution is 2.29. The predicted molar refractivity (Wildman–Crippen MR) is 127 cm³/mol. The number of non-ortho nitro benzene ring substituents is 1. The molecule has 0 aliphatic heterocycles. The molecule has 0 unspecified atom stereocenters.